The van der Waals surface area contributed by atoms with Crippen molar-refractivity contribution >= 4 is 17.1 Å². The second-order valence-electron chi connectivity index (χ2n) is 8.23. The monoisotopic (exact) mass is 423 g/mol. The second kappa shape index (κ2) is 12.2. The zero-order valence-electron chi connectivity index (χ0n) is 18.5. The summed E-state index contributed by atoms with van der Waals surface area (Å²) in [5.41, 5.74) is 1.62. The molecule has 0 bridgehead atoms. The van der Waals surface area contributed by atoms with E-state index in [1.165, 1.54) is 69.9 Å². The van der Waals surface area contributed by atoms with Crippen molar-refractivity contribution in [2.45, 2.75) is 84.0 Å². The number of nitrogens with zero attached hydrogens (tertiary/aromatic N) is 1. The molecule has 0 radical (unpaired) electrons. The molecule has 1 aromatic rings. The van der Waals surface area contributed by atoms with Crippen molar-refractivity contribution in [1.82, 2.24) is 4.98 Å². The van der Waals surface area contributed by atoms with Crippen LogP contribution in [0.4, 0.5) is 0 Å². The quantitative estimate of drug-likeness (QED) is 0.129. The van der Waals surface area contributed by atoms with Crippen LogP contribution < -0.4 is 10.2 Å². The van der Waals surface area contributed by atoms with Crippen molar-refractivity contribution in [3.8, 4) is 17.2 Å². The minimum atomic E-state index is -0.231. The first-order valence-electron chi connectivity index (χ1n) is 11.7. The summed E-state index contributed by atoms with van der Waals surface area (Å²) in [4.78, 5) is 28.2. The summed E-state index contributed by atoms with van der Waals surface area (Å²) in [5, 5.41) is 0. The van der Waals surface area contributed by atoms with Gasteiger partial charge in [0.05, 0.1) is 0 Å². The number of esters is 1. The van der Waals surface area contributed by atoms with Crippen molar-refractivity contribution in [3.63, 3.8) is 0 Å². The lowest BCUT2D eigenvalue weighted by Gasteiger charge is -2.08. The Morgan fingerprint density at radius 1 is 0.871 bits per heavy atom. The molecule has 0 atom stereocenters. The van der Waals surface area contributed by atoms with Crippen LogP contribution in [0.5, 0.6) is 5.75 Å². The highest BCUT2D eigenvalue weighted by Crippen LogP contribution is 2.26. The van der Waals surface area contributed by atoms with Crippen molar-refractivity contribution in [2.75, 3.05) is 0 Å². The first-order chi connectivity index (χ1) is 15.2. The summed E-state index contributed by atoms with van der Waals surface area (Å²) in [6, 6.07) is 9.64. The van der Waals surface area contributed by atoms with E-state index in [9.17, 15) is 9.59 Å². The Labute approximate surface area is 184 Å². The van der Waals surface area contributed by atoms with Gasteiger partial charge in [0.25, 0.3) is 0 Å². The summed E-state index contributed by atoms with van der Waals surface area (Å²) in [5.74, 6) is 0.624. The number of carbonyl (C=O) groups is 1. The fourth-order valence-corrected chi connectivity index (χ4v) is 3.76. The molecule has 1 aliphatic carbocycles. The van der Waals surface area contributed by atoms with E-state index >= 15 is 0 Å². The Hall–Kier alpha value is -2.69. The Morgan fingerprint density at radius 2 is 1.55 bits per heavy atom. The van der Waals surface area contributed by atoms with Gasteiger partial charge in [0, 0.05) is 18.6 Å². The standard InChI is InChI=1S/C26H33NO4/c1-2-3-4-5-6-7-8-9-10-11-12-13-26(29)30-21-15-17-23-25(19-21)31-24-18-20(28)14-16-22(24)27-23/h14-19H,2-13H2,1H3. The van der Waals surface area contributed by atoms with Gasteiger partial charge < -0.3 is 9.15 Å². The number of unbranched alkanes of at least 4 members (excludes halogenated alkanes) is 10. The van der Waals surface area contributed by atoms with Gasteiger partial charge in [-0.15, -0.1) is 0 Å². The van der Waals surface area contributed by atoms with Gasteiger partial charge in [0.1, 0.15) is 17.0 Å². The van der Waals surface area contributed by atoms with Crippen LogP contribution in [0.1, 0.15) is 84.0 Å². The average Bonchev–Trinajstić information content (AvgIpc) is 2.76. The number of hydrogen-bond acceptors (Lipinski definition) is 5. The summed E-state index contributed by atoms with van der Waals surface area (Å²) >= 11 is 0. The molecule has 31 heavy (non-hydrogen) atoms. The van der Waals surface area contributed by atoms with Crippen molar-refractivity contribution in [1.29, 1.82) is 0 Å². The van der Waals surface area contributed by atoms with Crippen molar-refractivity contribution in [3.05, 3.63) is 46.6 Å². The van der Waals surface area contributed by atoms with Crippen LogP contribution in [0.25, 0.3) is 22.6 Å². The smallest absolute Gasteiger partial charge is 0.311 e. The molecule has 0 N–H and O–H groups in total. The topological polar surface area (TPSA) is 69.4 Å². The predicted octanol–water partition coefficient (Wildman–Crippen LogP) is 6.90. The molecule has 166 valence electrons. The Morgan fingerprint density at radius 3 is 2.26 bits per heavy atom. The lowest BCUT2D eigenvalue weighted by atomic mass is 10.1. The van der Waals surface area contributed by atoms with E-state index < -0.39 is 0 Å². The molecular weight excluding hydrogens is 390 g/mol. The number of rotatable bonds is 13. The predicted molar refractivity (Wildman–Crippen MR) is 124 cm³/mol. The van der Waals surface area contributed by atoms with E-state index in [1.807, 2.05) is 0 Å². The molecule has 0 amide bonds. The number of hydrogen-bond donors (Lipinski definition) is 0. The molecule has 1 aromatic carbocycles. The molecule has 0 unspecified atom stereocenters. The third kappa shape index (κ3) is 7.50. The molecule has 5 heteroatoms. The molecule has 0 aromatic heterocycles. The maximum atomic E-state index is 12.2. The van der Waals surface area contributed by atoms with Gasteiger partial charge in [-0.1, -0.05) is 71.1 Å². The lowest BCUT2D eigenvalue weighted by Crippen LogP contribution is -2.07. The highest BCUT2D eigenvalue weighted by Gasteiger charge is 2.11. The summed E-state index contributed by atoms with van der Waals surface area (Å²) < 4.78 is 11.2. The first-order valence-corrected chi connectivity index (χ1v) is 11.7. The van der Waals surface area contributed by atoms with Gasteiger partial charge in [-0.3, -0.25) is 9.59 Å². The summed E-state index contributed by atoms with van der Waals surface area (Å²) in [7, 11) is 0. The van der Waals surface area contributed by atoms with E-state index in [-0.39, 0.29) is 11.4 Å². The first kappa shape index (κ1) is 23.0. The Bertz CT molecular complexity index is 994. The molecule has 0 spiro atoms. The van der Waals surface area contributed by atoms with Crippen LogP contribution in [0.3, 0.4) is 0 Å². The highest BCUT2D eigenvalue weighted by atomic mass is 16.5. The number of benzene rings is 2. The maximum absolute atomic E-state index is 12.2. The Balaban J connectivity index is 1.37. The van der Waals surface area contributed by atoms with Gasteiger partial charge in [0.15, 0.2) is 16.8 Å². The van der Waals surface area contributed by atoms with Crippen LogP contribution in [0.15, 0.2) is 45.6 Å². The SMILES string of the molecule is CCCCCCCCCCCCCC(=O)Oc1ccc2nc3ccc(=O)cc-3oc2c1. The third-order valence-electron chi connectivity index (χ3n) is 5.54. The molecule has 3 rings (SSSR count). The van der Waals surface area contributed by atoms with Crippen molar-refractivity contribution in [2.24, 2.45) is 0 Å². The van der Waals surface area contributed by atoms with Gasteiger partial charge in [-0.2, -0.15) is 0 Å². The number of fused-ring (bicyclic) bond motifs is 2. The molecular formula is C26H33NO4. The molecule has 0 saturated carbocycles. The lowest BCUT2D eigenvalue weighted by molar-refractivity contribution is -0.134. The van der Waals surface area contributed by atoms with Crippen LogP contribution in [0, 0.1) is 0 Å². The van der Waals surface area contributed by atoms with E-state index in [0.717, 1.165) is 12.8 Å². The van der Waals surface area contributed by atoms with Crippen LogP contribution in [-0.4, -0.2) is 11.0 Å². The summed E-state index contributed by atoms with van der Waals surface area (Å²) in [6.45, 7) is 2.25. The molecule has 5 nitrogen and oxygen atoms in total. The highest BCUT2D eigenvalue weighted by molar-refractivity contribution is 5.79. The Kier molecular flexibility index (Phi) is 9.07. The third-order valence-corrected chi connectivity index (χ3v) is 5.54. The number of ether oxygens (including phenoxy) is 1. The molecule has 1 aliphatic heterocycles. The molecule has 1 heterocycles. The van der Waals surface area contributed by atoms with Crippen molar-refractivity contribution < 1.29 is 13.9 Å². The van der Waals surface area contributed by atoms with E-state index in [2.05, 4.69) is 11.9 Å². The normalized spacial score (nSPS) is 11.3. The van der Waals surface area contributed by atoms with E-state index in [4.69, 9.17) is 9.15 Å². The fourth-order valence-electron chi connectivity index (χ4n) is 3.76. The molecule has 0 saturated heterocycles. The van der Waals surface area contributed by atoms with Crippen LogP contribution in [0.2, 0.25) is 0 Å². The fraction of sp³-hybridized carbons (Fsp3) is 0.500. The van der Waals surface area contributed by atoms with Crippen LogP contribution in [-0.2, 0) is 4.79 Å². The summed E-state index contributed by atoms with van der Waals surface area (Å²) in [6.07, 6.45) is 14.2. The zero-order chi connectivity index (χ0) is 21.9. The average molecular weight is 424 g/mol. The maximum Gasteiger partial charge on any atom is 0.311 e. The van der Waals surface area contributed by atoms with E-state index in [1.54, 1.807) is 24.3 Å². The largest absolute Gasteiger partial charge is 0.453 e. The zero-order valence-corrected chi connectivity index (χ0v) is 18.5. The van der Waals surface area contributed by atoms with Gasteiger partial charge in [-0.05, 0) is 30.7 Å². The van der Waals surface area contributed by atoms with Gasteiger partial charge >= 0.3 is 5.97 Å². The van der Waals surface area contributed by atoms with Gasteiger partial charge in [0.2, 0.25) is 0 Å². The second-order valence-corrected chi connectivity index (χ2v) is 8.23. The van der Waals surface area contributed by atoms with Crippen LogP contribution >= 0.6 is 0 Å². The minimum Gasteiger partial charge on any atom is -0.453 e. The number of aromatic nitrogens is 1. The van der Waals surface area contributed by atoms with E-state index in [0.29, 0.717) is 34.7 Å². The molecule has 2 aliphatic rings. The van der Waals surface area contributed by atoms with Gasteiger partial charge in [-0.25, -0.2) is 4.98 Å². The molecule has 0 fully saturated rings. The minimum absolute atomic E-state index is 0.132. The number of carbonyl (C=O) groups excluding carboxylic acids is 1.